The lowest BCUT2D eigenvalue weighted by Crippen LogP contribution is -2.14. The second-order valence-electron chi connectivity index (χ2n) is 17.3. The Balaban J connectivity index is 4.13. The van der Waals surface area contributed by atoms with Gasteiger partial charge in [0.15, 0.2) is 0 Å². The van der Waals surface area contributed by atoms with E-state index in [0.717, 1.165) is 6.42 Å². The molecule has 1 unspecified atom stereocenters. The number of hydrogen-bond acceptors (Lipinski definition) is 2. The van der Waals surface area contributed by atoms with Gasteiger partial charge >= 0.3 is 5.97 Å². The normalized spacial score (nSPS) is 12.4. The molecule has 0 fully saturated rings. The maximum atomic E-state index is 12.6. The van der Waals surface area contributed by atoms with Crippen LogP contribution in [0.5, 0.6) is 0 Å². The second kappa shape index (κ2) is 48.1. The zero-order chi connectivity index (χ0) is 39.1. The number of hydrogen-bond donors (Lipinski definition) is 0. The number of allylic oxidation sites excluding steroid dienone is 4. The van der Waals surface area contributed by atoms with Crippen LogP contribution in [0.25, 0.3) is 0 Å². The van der Waals surface area contributed by atoms with Crippen molar-refractivity contribution in [3.63, 3.8) is 0 Å². The third-order valence-corrected chi connectivity index (χ3v) is 11.7. The van der Waals surface area contributed by atoms with Gasteiger partial charge in [0.2, 0.25) is 0 Å². The molecule has 0 aromatic rings. The fourth-order valence-electron chi connectivity index (χ4n) is 7.89. The SMILES string of the molecule is CCCCCCCC/C=C/CCCCCCCCC(CCCCCC/C=C/CCCCCCCC)COC(=O)CCCCCCCCCCCCCCC. The highest BCUT2D eigenvalue weighted by molar-refractivity contribution is 5.69. The molecule has 0 saturated heterocycles. The quantitative estimate of drug-likeness (QED) is 0.0351. The van der Waals surface area contributed by atoms with Gasteiger partial charge in [-0.05, 0) is 76.5 Å². The summed E-state index contributed by atoms with van der Waals surface area (Å²) in [5, 5.41) is 0. The van der Waals surface area contributed by atoms with Crippen LogP contribution in [-0.4, -0.2) is 12.6 Å². The number of carbonyl (C=O) groups excluding carboxylic acids is 1. The Morgan fingerprint density at radius 1 is 0.352 bits per heavy atom. The van der Waals surface area contributed by atoms with Crippen molar-refractivity contribution < 1.29 is 9.53 Å². The monoisotopic (exact) mass is 757 g/mol. The molecular formula is C52H100O2. The molecule has 0 aliphatic carbocycles. The summed E-state index contributed by atoms with van der Waals surface area (Å²) in [7, 11) is 0. The van der Waals surface area contributed by atoms with Crippen LogP contribution >= 0.6 is 0 Å². The van der Waals surface area contributed by atoms with Crippen LogP contribution in [0.1, 0.15) is 290 Å². The van der Waals surface area contributed by atoms with E-state index in [-0.39, 0.29) is 5.97 Å². The third kappa shape index (κ3) is 45.3. The number of ether oxygens (including phenoxy) is 1. The van der Waals surface area contributed by atoms with Crippen molar-refractivity contribution in [2.45, 2.75) is 290 Å². The molecule has 0 saturated carbocycles. The first-order valence-corrected chi connectivity index (χ1v) is 25.2. The van der Waals surface area contributed by atoms with Crippen molar-refractivity contribution in [2.75, 3.05) is 6.61 Å². The molecule has 0 aliphatic rings. The fraction of sp³-hybridized carbons (Fsp3) is 0.904. The topological polar surface area (TPSA) is 26.3 Å². The molecule has 2 heteroatoms. The molecule has 0 N–H and O–H groups in total. The van der Waals surface area contributed by atoms with Gasteiger partial charge in [-0.15, -0.1) is 0 Å². The van der Waals surface area contributed by atoms with E-state index in [1.54, 1.807) is 0 Å². The first kappa shape index (κ1) is 53.0. The first-order chi connectivity index (χ1) is 26.7. The van der Waals surface area contributed by atoms with Crippen molar-refractivity contribution in [1.82, 2.24) is 0 Å². The van der Waals surface area contributed by atoms with Crippen LogP contribution in [0.15, 0.2) is 24.3 Å². The van der Waals surface area contributed by atoms with Gasteiger partial charge in [-0.1, -0.05) is 238 Å². The van der Waals surface area contributed by atoms with E-state index < -0.39 is 0 Å². The minimum Gasteiger partial charge on any atom is -0.465 e. The molecule has 2 nitrogen and oxygen atoms in total. The molecular weight excluding hydrogens is 657 g/mol. The summed E-state index contributed by atoms with van der Waals surface area (Å²) in [6, 6.07) is 0. The smallest absolute Gasteiger partial charge is 0.305 e. The highest BCUT2D eigenvalue weighted by Crippen LogP contribution is 2.21. The summed E-state index contributed by atoms with van der Waals surface area (Å²) < 4.78 is 5.91. The van der Waals surface area contributed by atoms with Crippen LogP contribution in [0.4, 0.5) is 0 Å². The molecule has 0 aliphatic heterocycles. The van der Waals surface area contributed by atoms with Crippen molar-refractivity contribution in [3.8, 4) is 0 Å². The molecule has 0 heterocycles. The van der Waals surface area contributed by atoms with Gasteiger partial charge in [0.05, 0.1) is 6.61 Å². The average Bonchev–Trinajstić information content (AvgIpc) is 3.18. The maximum Gasteiger partial charge on any atom is 0.305 e. The van der Waals surface area contributed by atoms with Gasteiger partial charge in [0, 0.05) is 6.42 Å². The molecule has 1 atom stereocenters. The van der Waals surface area contributed by atoms with E-state index in [2.05, 4.69) is 45.1 Å². The van der Waals surface area contributed by atoms with Crippen molar-refractivity contribution >= 4 is 5.97 Å². The van der Waals surface area contributed by atoms with Crippen molar-refractivity contribution in [2.24, 2.45) is 5.92 Å². The number of carbonyl (C=O) groups is 1. The lowest BCUT2D eigenvalue weighted by molar-refractivity contribution is -0.145. The van der Waals surface area contributed by atoms with Crippen molar-refractivity contribution in [1.29, 1.82) is 0 Å². The average molecular weight is 757 g/mol. The van der Waals surface area contributed by atoms with Crippen LogP contribution in [-0.2, 0) is 9.53 Å². The van der Waals surface area contributed by atoms with E-state index in [1.807, 2.05) is 0 Å². The Morgan fingerprint density at radius 2 is 0.611 bits per heavy atom. The Morgan fingerprint density at radius 3 is 0.926 bits per heavy atom. The van der Waals surface area contributed by atoms with E-state index >= 15 is 0 Å². The number of rotatable bonds is 46. The Kier molecular flexibility index (Phi) is 47.2. The molecule has 0 rings (SSSR count). The lowest BCUT2D eigenvalue weighted by Gasteiger charge is -2.17. The highest BCUT2D eigenvalue weighted by Gasteiger charge is 2.12. The molecule has 54 heavy (non-hydrogen) atoms. The Bertz CT molecular complexity index is 753. The fourth-order valence-corrected chi connectivity index (χ4v) is 7.89. The number of esters is 1. The zero-order valence-electron chi connectivity index (χ0n) is 37.6. The number of unbranched alkanes of at least 4 members (excludes halogenated alkanes) is 34. The minimum atomic E-state index is 0.0526. The maximum absolute atomic E-state index is 12.6. The molecule has 0 aromatic carbocycles. The van der Waals surface area contributed by atoms with Gasteiger partial charge in [-0.3, -0.25) is 4.79 Å². The molecule has 0 aromatic heterocycles. The molecule has 0 amide bonds. The summed E-state index contributed by atoms with van der Waals surface area (Å²) in [6.45, 7) is 7.54. The molecule has 320 valence electrons. The highest BCUT2D eigenvalue weighted by atomic mass is 16.5. The standard InChI is InChI=1S/C52H100O2/c1-4-7-10-13-16-19-22-25-27-28-31-33-36-39-42-45-48-51(47-44-41-38-35-32-30-26-23-20-17-14-11-8-5-2)50-54-52(53)49-46-43-40-37-34-29-24-21-18-15-12-9-6-3/h25-27,30,51H,4-24,28-29,31-50H2,1-3H3/b27-25+,30-26+. The van der Waals surface area contributed by atoms with Crippen LogP contribution in [0, 0.1) is 5.92 Å². The van der Waals surface area contributed by atoms with Crippen LogP contribution < -0.4 is 0 Å². The Hall–Kier alpha value is -1.05. The molecule has 0 bridgehead atoms. The predicted molar refractivity (Wildman–Crippen MR) is 244 cm³/mol. The summed E-state index contributed by atoms with van der Waals surface area (Å²) in [5.41, 5.74) is 0. The third-order valence-electron chi connectivity index (χ3n) is 11.7. The van der Waals surface area contributed by atoms with E-state index in [0.29, 0.717) is 18.9 Å². The minimum absolute atomic E-state index is 0.0526. The molecule has 0 spiro atoms. The van der Waals surface area contributed by atoms with Crippen LogP contribution in [0.3, 0.4) is 0 Å². The Labute approximate surface area is 341 Å². The van der Waals surface area contributed by atoms with E-state index in [9.17, 15) is 4.79 Å². The lowest BCUT2D eigenvalue weighted by atomic mass is 9.94. The van der Waals surface area contributed by atoms with Gasteiger partial charge in [-0.2, -0.15) is 0 Å². The van der Waals surface area contributed by atoms with Crippen molar-refractivity contribution in [3.05, 3.63) is 24.3 Å². The second-order valence-corrected chi connectivity index (χ2v) is 17.3. The summed E-state index contributed by atoms with van der Waals surface area (Å²) in [4.78, 5) is 12.6. The molecule has 0 radical (unpaired) electrons. The van der Waals surface area contributed by atoms with Gasteiger partial charge < -0.3 is 4.74 Å². The van der Waals surface area contributed by atoms with E-state index in [4.69, 9.17) is 4.74 Å². The van der Waals surface area contributed by atoms with E-state index in [1.165, 1.54) is 257 Å². The summed E-state index contributed by atoms with van der Waals surface area (Å²) >= 11 is 0. The van der Waals surface area contributed by atoms with Crippen LogP contribution in [0.2, 0.25) is 0 Å². The van der Waals surface area contributed by atoms with Gasteiger partial charge in [0.1, 0.15) is 0 Å². The van der Waals surface area contributed by atoms with Gasteiger partial charge in [-0.25, -0.2) is 0 Å². The summed E-state index contributed by atoms with van der Waals surface area (Å²) in [5.74, 6) is 0.603. The zero-order valence-corrected chi connectivity index (χ0v) is 37.6. The largest absolute Gasteiger partial charge is 0.465 e. The predicted octanol–water partition coefficient (Wildman–Crippen LogP) is 18.7. The first-order valence-electron chi connectivity index (χ1n) is 25.2. The summed E-state index contributed by atoms with van der Waals surface area (Å²) in [6.07, 6.45) is 65.3. The van der Waals surface area contributed by atoms with Gasteiger partial charge in [0.25, 0.3) is 0 Å².